The van der Waals surface area contributed by atoms with E-state index < -0.39 is 0 Å². The lowest BCUT2D eigenvalue weighted by atomic mass is 9.86. The van der Waals surface area contributed by atoms with Gasteiger partial charge in [-0.3, -0.25) is 4.79 Å². The van der Waals surface area contributed by atoms with Crippen molar-refractivity contribution in [3.8, 4) is 11.5 Å². The lowest BCUT2D eigenvalue weighted by Gasteiger charge is -2.23. The van der Waals surface area contributed by atoms with E-state index in [1.165, 1.54) is 6.08 Å². The van der Waals surface area contributed by atoms with Gasteiger partial charge >= 0.3 is 0 Å². The number of carbonyl (C=O) groups excluding carboxylic acids is 1. The summed E-state index contributed by atoms with van der Waals surface area (Å²) in [7, 11) is 1.67. The van der Waals surface area contributed by atoms with Crippen LogP contribution in [0.1, 0.15) is 39.2 Å². The van der Waals surface area contributed by atoms with E-state index in [1.54, 1.807) is 7.11 Å². The van der Waals surface area contributed by atoms with Crippen molar-refractivity contribution in [1.29, 1.82) is 0 Å². The Labute approximate surface area is 133 Å². The summed E-state index contributed by atoms with van der Waals surface area (Å²) in [6, 6.07) is 5.90. The number of benzene rings is 1. The molecule has 0 unspecified atom stereocenters. The first kappa shape index (κ1) is 18.1. The number of unbranched alkanes of at least 4 members (excludes halogenated alkanes) is 1. The molecule has 1 rings (SSSR count). The van der Waals surface area contributed by atoms with E-state index >= 15 is 0 Å². The molecule has 0 fully saturated rings. The first-order valence-corrected chi connectivity index (χ1v) is 7.60. The summed E-state index contributed by atoms with van der Waals surface area (Å²) in [4.78, 5) is 11.0. The van der Waals surface area contributed by atoms with Crippen LogP contribution in [0.2, 0.25) is 0 Å². The molecular formula is C18H27NO3. The monoisotopic (exact) mass is 305 g/mol. The minimum absolute atomic E-state index is 0.0121. The maximum atomic E-state index is 11.0. The van der Waals surface area contributed by atoms with Crippen LogP contribution in [-0.2, 0) is 10.2 Å². The van der Waals surface area contributed by atoms with Crippen molar-refractivity contribution in [3.05, 3.63) is 36.4 Å². The van der Waals surface area contributed by atoms with Crippen LogP contribution >= 0.6 is 0 Å². The average Bonchev–Trinajstić information content (AvgIpc) is 2.49. The molecular weight excluding hydrogens is 278 g/mol. The molecule has 1 aromatic rings. The summed E-state index contributed by atoms with van der Waals surface area (Å²) in [5.41, 5.74) is 1.12. The van der Waals surface area contributed by atoms with Gasteiger partial charge in [-0.05, 0) is 42.5 Å². The Morgan fingerprint density at radius 2 is 2.05 bits per heavy atom. The normalized spacial score (nSPS) is 10.9. The molecule has 1 N–H and O–H groups in total. The molecule has 22 heavy (non-hydrogen) atoms. The van der Waals surface area contributed by atoms with Gasteiger partial charge < -0.3 is 14.8 Å². The third-order valence-electron chi connectivity index (χ3n) is 3.31. The summed E-state index contributed by atoms with van der Waals surface area (Å²) in [6.45, 7) is 11.1. The maximum absolute atomic E-state index is 11.0. The van der Waals surface area contributed by atoms with E-state index in [1.807, 2.05) is 18.2 Å². The third-order valence-corrected chi connectivity index (χ3v) is 3.31. The molecule has 0 saturated heterocycles. The Kier molecular flexibility index (Phi) is 6.96. The second kappa shape index (κ2) is 8.47. The fourth-order valence-corrected chi connectivity index (χ4v) is 2.04. The summed E-state index contributed by atoms with van der Waals surface area (Å²) < 4.78 is 11.2. The van der Waals surface area contributed by atoms with E-state index in [9.17, 15) is 4.79 Å². The predicted octanol–water partition coefficient (Wildman–Crippen LogP) is 3.45. The number of nitrogens with one attached hydrogen (secondary N) is 1. The van der Waals surface area contributed by atoms with Gasteiger partial charge in [0.1, 0.15) is 11.5 Å². The second-order valence-electron chi connectivity index (χ2n) is 6.16. The molecule has 0 heterocycles. The molecule has 0 aliphatic carbocycles. The predicted molar refractivity (Wildman–Crippen MR) is 89.6 cm³/mol. The van der Waals surface area contributed by atoms with Crippen molar-refractivity contribution in [2.24, 2.45) is 0 Å². The SMILES string of the molecule is C=CC(=O)NCCCCOc1ccc(OC)cc1C(C)(C)C. The Balaban J connectivity index is 2.52. The van der Waals surface area contributed by atoms with Gasteiger partial charge in [0.05, 0.1) is 13.7 Å². The Hall–Kier alpha value is -1.97. The Morgan fingerprint density at radius 1 is 1.32 bits per heavy atom. The summed E-state index contributed by atoms with van der Waals surface area (Å²) >= 11 is 0. The van der Waals surface area contributed by atoms with Crippen molar-refractivity contribution in [3.63, 3.8) is 0 Å². The molecule has 1 aromatic carbocycles. The lowest BCUT2D eigenvalue weighted by molar-refractivity contribution is -0.116. The van der Waals surface area contributed by atoms with Gasteiger partial charge in [-0.1, -0.05) is 27.4 Å². The van der Waals surface area contributed by atoms with E-state index in [-0.39, 0.29) is 11.3 Å². The van der Waals surface area contributed by atoms with Crippen LogP contribution in [0.4, 0.5) is 0 Å². The smallest absolute Gasteiger partial charge is 0.243 e. The fraction of sp³-hybridized carbons (Fsp3) is 0.500. The van der Waals surface area contributed by atoms with Crippen LogP contribution in [0, 0.1) is 0 Å². The largest absolute Gasteiger partial charge is 0.497 e. The minimum atomic E-state index is -0.133. The molecule has 0 saturated carbocycles. The van der Waals surface area contributed by atoms with Crippen molar-refractivity contribution in [1.82, 2.24) is 5.32 Å². The van der Waals surface area contributed by atoms with Crippen molar-refractivity contribution >= 4 is 5.91 Å². The second-order valence-corrected chi connectivity index (χ2v) is 6.16. The molecule has 0 radical (unpaired) electrons. The first-order valence-electron chi connectivity index (χ1n) is 7.60. The number of ether oxygens (including phenoxy) is 2. The van der Waals surface area contributed by atoms with Gasteiger partial charge in [-0.15, -0.1) is 0 Å². The Bertz CT molecular complexity index is 504. The van der Waals surface area contributed by atoms with Gasteiger partial charge in [0.25, 0.3) is 0 Å². The van der Waals surface area contributed by atoms with Crippen molar-refractivity contribution in [2.75, 3.05) is 20.3 Å². The van der Waals surface area contributed by atoms with Gasteiger partial charge in [-0.25, -0.2) is 0 Å². The van der Waals surface area contributed by atoms with Crippen LogP contribution < -0.4 is 14.8 Å². The van der Waals surface area contributed by atoms with Gasteiger partial charge in [0.15, 0.2) is 0 Å². The van der Waals surface area contributed by atoms with Crippen molar-refractivity contribution < 1.29 is 14.3 Å². The highest BCUT2D eigenvalue weighted by Crippen LogP contribution is 2.34. The maximum Gasteiger partial charge on any atom is 0.243 e. The molecule has 0 aromatic heterocycles. The number of hydrogen-bond donors (Lipinski definition) is 1. The van der Waals surface area contributed by atoms with Crippen LogP contribution in [-0.4, -0.2) is 26.2 Å². The summed E-state index contributed by atoms with van der Waals surface area (Å²) in [6.07, 6.45) is 3.04. The number of methoxy groups -OCH3 is 1. The fourth-order valence-electron chi connectivity index (χ4n) is 2.04. The number of rotatable bonds is 8. The van der Waals surface area contributed by atoms with E-state index in [0.717, 1.165) is 29.9 Å². The van der Waals surface area contributed by atoms with E-state index in [0.29, 0.717) is 13.2 Å². The zero-order valence-corrected chi connectivity index (χ0v) is 14.1. The molecule has 0 aliphatic heterocycles. The Morgan fingerprint density at radius 3 is 2.64 bits per heavy atom. The zero-order valence-electron chi connectivity index (χ0n) is 14.1. The lowest BCUT2D eigenvalue weighted by Crippen LogP contribution is -2.22. The molecule has 0 bridgehead atoms. The van der Waals surface area contributed by atoms with Crippen molar-refractivity contribution in [2.45, 2.75) is 39.0 Å². The minimum Gasteiger partial charge on any atom is -0.497 e. The van der Waals surface area contributed by atoms with Gasteiger partial charge in [-0.2, -0.15) is 0 Å². The quantitative estimate of drug-likeness (QED) is 0.591. The first-order chi connectivity index (χ1) is 10.4. The average molecular weight is 305 g/mol. The number of hydrogen-bond acceptors (Lipinski definition) is 3. The molecule has 0 aliphatic rings. The highest BCUT2D eigenvalue weighted by Gasteiger charge is 2.19. The van der Waals surface area contributed by atoms with E-state index in [2.05, 4.69) is 32.7 Å². The van der Waals surface area contributed by atoms with Gasteiger partial charge in [0, 0.05) is 12.1 Å². The molecule has 1 amide bonds. The zero-order chi connectivity index (χ0) is 16.6. The van der Waals surface area contributed by atoms with Crippen LogP contribution in [0.5, 0.6) is 11.5 Å². The van der Waals surface area contributed by atoms with Crippen LogP contribution in [0.15, 0.2) is 30.9 Å². The van der Waals surface area contributed by atoms with Crippen LogP contribution in [0.25, 0.3) is 0 Å². The van der Waals surface area contributed by atoms with Crippen LogP contribution in [0.3, 0.4) is 0 Å². The molecule has 0 spiro atoms. The summed E-state index contributed by atoms with van der Waals surface area (Å²) in [5, 5.41) is 2.75. The topological polar surface area (TPSA) is 47.6 Å². The molecule has 4 nitrogen and oxygen atoms in total. The standard InChI is InChI=1S/C18H27NO3/c1-6-17(20)19-11-7-8-12-22-16-10-9-14(21-5)13-15(16)18(2,3)4/h6,9-10,13H,1,7-8,11-12H2,2-5H3,(H,19,20). The number of amides is 1. The molecule has 0 atom stereocenters. The van der Waals surface area contributed by atoms with E-state index in [4.69, 9.17) is 9.47 Å². The highest BCUT2D eigenvalue weighted by molar-refractivity contribution is 5.86. The molecule has 4 heteroatoms. The van der Waals surface area contributed by atoms with Gasteiger partial charge in [0.2, 0.25) is 5.91 Å². The summed E-state index contributed by atoms with van der Waals surface area (Å²) in [5.74, 6) is 1.60. The third kappa shape index (κ3) is 5.80. The molecule has 122 valence electrons. The number of carbonyl (C=O) groups is 1. The highest BCUT2D eigenvalue weighted by atomic mass is 16.5.